The molecule has 1 unspecified atom stereocenters. The van der Waals surface area contributed by atoms with Gasteiger partial charge in [-0.1, -0.05) is 37.6 Å². The predicted octanol–water partition coefficient (Wildman–Crippen LogP) is 3.15. The number of benzene rings is 1. The van der Waals surface area contributed by atoms with Gasteiger partial charge in [-0.05, 0) is 42.9 Å². The maximum atomic E-state index is 11.7. The van der Waals surface area contributed by atoms with E-state index in [9.17, 15) is 4.79 Å². The Labute approximate surface area is 126 Å². The molecule has 0 aliphatic carbocycles. The molecule has 0 saturated heterocycles. The number of nitrogens with two attached hydrogens (primary N) is 1. The molecule has 0 aliphatic heterocycles. The molecule has 0 heterocycles. The Balaban J connectivity index is 2.43. The van der Waals surface area contributed by atoms with E-state index in [1.807, 2.05) is 25.1 Å². The molecule has 0 saturated carbocycles. The molecule has 0 bridgehead atoms. The van der Waals surface area contributed by atoms with E-state index in [0.717, 1.165) is 17.9 Å². The van der Waals surface area contributed by atoms with Crippen molar-refractivity contribution >= 4 is 17.5 Å². The van der Waals surface area contributed by atoms with Gasteiger partial charge in [-0.3, -0.25) is 4.79 Å². The van der Waals surface area contributed by atoms with Crippen molar-refractivity contribution in [2.45, 2.75) is 46.1 Å². The fourth-order valence-electron chi connectivity index (χ4n) is 2.05. The first kappa shape index (κ1) is 17.0. The predicted molar refractivity (Wildman–Crippen MR) is 84.8 cm³/mol. The van der Waals surface area contributed by atoms with Crippen LogP contribution in [0.15, 0.2) is 24.3 Å². The fourth-order valence-corrected chi connectivity index (χ4v) is 2.26. The summed E-state index contributed by atoms with van der Waals surface area (Å²) >= 11 is 5.99. The van der Waals surface area contributed by atoms with E-state index in [-0.39, 0.29) is 17.4 Å². The lowest BCUT2D eigenvalue weighted by molar-refractivity contribution is -0.121. The summed E-state index contributed by atoms with van der Waals surface area (Å²) in [5, 5.41) is 3.74. The molecule has 1 amide bonds. The fraction of sp³-hybridized carbons (Fsp3) is 0.562. The second-order valence-electron chi connectivity index (χ2n) is 6.26. The van der Waals surface area contributed by atoms with Crippen LogP contribution < -0.4 is 11.1 Å². The summed E-state index contributed by atoms with van der Waals surface area (Å²) < 4.78 is 0. The van der Waals surface area contributed by atoms with Gasteiger partial charge in [0.15, 0.2) is 0 Å². The number of hydrogen-bond acceptors (Lipinski definition) is 2. The number of nitrogens with one attached hydrogen (secondary N) is 1. The third kappa shape index (κ3) is 6.92. The SMILES string of the molecule is CC(N)CCC(=O)NCC(C)(C)Cc1cccc(Cl)c1. The van der Waals surface area contributed by atoms with Crippen molar-refractivity contribution in [1.29, 1.82) is 0 Å². The smallest absolute Gasteiger partial charge is 0.220 e. The van der Waals surface area contributed by atoms with E-state index < -0.39 is 0 Å². The van der Waals surface area contributed by atoms with E-state index in [0.29, 0.717) is 13.0 Å². The largest absolute Gasteiger partial charge is 0.356 e. The van der Waals surface area contributed by atoms with Crippen molar-refractivity contribution in [3.8, 4) is 0 Å². The van der Waals surface area contributed by atoms with Crippen LogP contribution in [0.25, 0.3) is 0 Å². The average molecular weight is 297 g/mol. The number of amides is 1. The van der Waals surface area contributed by atoms with Crippen molar-refractivity contribution in [1.82, 2.24) is 5.32 Å². The van der Waals surface area contributed by atoms with Crippen LogP contribution in [0.1, 0.15) is 39.2 Å². The molecular weight excluding hydrogens is 272 g/mol. The lowest BCUT2D eigenvalue weighted by Gasteiger charge is -2.25. The molecule has 4 heteroatoms. The Morgan fingerprint density at radius 1 is 1.45 bits per heavy atom. The second kappa shape index (κ2) is 7.65. The highest BCUT2D eigenvalue weighted by molar-refractivity contribution is 6.30. The van der Waals surface area contributed by atoms with Gasteiger partial charge in [0.1, 0.15) is 0 Å². The first-order valence-corrected chi connectivity index (χ1v) is 7.43. The molecule has 20 heavy (non-hydrogen) atoms. The van der Waals surface area contributed by atoms with Gasteiger partial charge < -0.3 is 11.1 Å². The van der Waals surface area contributed by atoms with Crippen molar-refractivity contribution in [2.24, 2.45) is 11.1 Å². The van der Waals surface area contributed by atoms with Crippen molar-refractivity contribution in [3.05, 3.63) is 34.9 Å². The molecular formula is C16H25ClN2O. The zero-order valence-electron chi connectivity index (χ0n) is 12.6. The van der Waals surface area contributed by atoms with Crippen LogP contribution in [-0.2, 0) is 11.2 Å². The summed E-state index contributed by atoms with van der Waals surface area (Å²) in [7, 11) is 0. The monoisotopic (exact) mass is 296 g/mol. The van der Waals surface area contributed by atoms with Crippen molar-refractivity contribution in [2.75, 3.05) is 6.54 Å². The summed E-state index contributed by atoms with van der Waals surface area (Å²) in [6, 6.07) is 7.93. The standard InChI is InChI=1S/C16H25ClN2O/c1-12(18)7-8-15(20)19-11-16(2,3)10-13-5-4-6-14(17)9-13/h4-6,9,12H,7-8,10-11,18H2,1-3H3,(H,19,20). The quantitative estimate of drug-likeness (QED) is 0.812. The maximum Gasteiger partial charge on any atom is 0.220 e. The normalized spacial score (nSPS) is 13.1. The molecule has 3 N–H and O–H groups in total. The lowest BCUT2D eigenvalue weighted by atomic mass is 9.85. The zero-order valence-corrected chi connectivity index (χ0v) is 13.3. The Morgan fingerprint density at radius 2 is 2.15 bits per heavy atom. The first-order chi connectivity index (χ1) is 9.28. The third-order valence-corrected chi connectivity index (χ3v) is 3.40. The number of carbonyl (C=O) groups is 1. The molecule has 0 radical (unpaired) electrons. The van der Waals surface area contributed by atoms with Crippen molar-refractivity contribution < 1.29 is 4.79 Å². The zero-order chi connectivity index (χ0) is 15.2. The van der Waals surface area contributed by atoms with Crippen LogP contribution in [0, 0.1) is 5.41 Å². The highest BCUT2D eigenvalue weighted by Crippen LogP contribution is 2.22. The van der Waals surface area contributed by atoms with Gasteiger partial charge in [0.05, 0.1) is 0 Å². The summed E-state index contributed by atoms with van der Waals surface area (Å²) in [4.78, 5) is 11.7. The second-order valence-corrected chi connectivity index (χ2v) is 6.70. The Hall–Kier alpha value is -1.06. The number of hydrogen-bond donors (Lipinski definition) is 2. The molecule has 1 aromatic rings. The van der Waals surface area contributed by atoms with E-state index in [4.69, 9.17) is 17.3 Å². The molecule has 0 spiro atoms. The maximum absolute atomic E-state index is 11.7. The summed E-state index contributed by atoms with van der Waals surface area (Å²) in [6.45, 7) is 6.84. The van der Waals surface area contributed by atoms with Gasteiger partial charge in [-0.25, -0.2) is 0 Å². The van der Waals surface area contributed by atoms with Gasteiger partial charge >= 0.3 is 0 Å². The number of rotatable bonds is 7. The first-order valence-electron chi connectivity index (χ1n) is 7.05. The molecule has 0 fully saturated rings. The van der Waals surface area contributed by atoms with Crippen LogP contribution in [0.5, 0.6) is 0 Å². The molecule has 1 atom stereocenters. The van der Waals surface area contributed by atoms with E-state index in [2.05, 4.69) is 25.2 Å². The van der Waals surface area contributed by atoms with Crippen LogP contribution in [-0.4, -0.2) is 18.5 Å². The number of carbonyl (C=O) groups excluding carboxylic acids is 1. The highest BCUT2D eigenvalue weighted by Gasteiger charge is 2.19. The minimum Gasteiger partial charge on any atom is -0.356 e. The Morgan fingerprint density at radius 3 is 2.75 bits per heavy atom. The van der Waals surface area contributed by atoms with Gasteiger partial charge in [-0.2, -0.15) is 0 Å². The van der Waals surface area contributed by atoms with E-state index >= 15 is 0 Å². The van der Waals surface area contributed by atoms with Gasteiger partial charge in [0.2, 0.25) is 5.91 Å². The molecule has 0 aliphatic rings. The minimum atomic E-state index is -0.00528. The van der Waals surface area contributed by atoms with Crippen LogP contribution in [0.3, 0.4) is 0 Å². The molecule has 112 valence electrons. The summed E-state index contributed by atoms with van der Waals surface area (Å²) in [5.74, 6) is 0.0708. The third-order valence-electron chi connectivity index (χ3n) is 3.16. The number of halogens is 1. The topological polar surface area (TPSA) is 55.1 Å². The Bertz CT molecular complexity index is 444. The van der Waals surface area contributed by atoms with Crippen LogP contribution in [0.4, 0.5) is 0 Å². The van der Waals surface area contributed by atoms with E-state index in [1.165, 1.54) is 5.56 Å². The Kier molecular flexibility index (Phi) is 6.50. The minimum absolute atomic E-state index is 0.00528. The van der Waals surface area contributed by atoms with E-state index in [1.54, 1.807) is 0 Å². The summed E-state index contributed by atoms with van der Waals surface area (Å²) in [6.07, 6.45) is 2.09. The van der Waals surface area contributed by atoms with Gasteiger partial charge in [-0.15, -0.1) is 0 Å². The van der Waals surface area contributed by atoms with Crippen molar-refractivity contribution in [3.63, 3.8) is 0 Å². The lowest BCUT2D eigenvalue weighted by Crippen LogP contribution is -2.35. The van der Waals surface area contributed by atoms with Crippen LogP contribution in [0.2, 0.25) is 5.02 Å². The van der Waals surface area contributed by atoms with Gasteiger partial charge in [0, 0.05) is 24.0 Å². The molecule has 0 aromatic heterocycles. The molecule has 3 nitrogen and oxygen atoms in total. The molecule has 1 aromatic carbocycles. The molecule has 1 rings (SSSR count). The van der Waals surface area contributed by atoms with Gasteiger partial charge in [0.25, 0.3) is 0 Å². The summed E-state index contributed by atoms with van der Waals surface area (Å²) in [5.41, 5.74) is 6.83. The van der Waals surface area contributed by atoms with Crippen LogP contribution >= 0.6 is 11.6 Å². The average Bonchev–Trinajstić information content (AvgIpc) is 2.33. The highest BCUT2D eigenvalue weighted by atomic mass is 35.5.